The fourth-order valence-corrected chi connectivity index (χ4v) is 2.87. The standard InChI is InChI=1S/C14H20N6O/c1-3-19-8-9-20(14(21)11-4-5-16-17-11)10-12(19)13-15-6-7-18(13)2/h4-7,12H,3,8-10H2,1-2H3,(H,16,17). The number of carbonyl (C=O) groups excluding carboxylic acids is 1. The Kier molecular flexibility index (Phi) is 3.74. The second-order valence-electron chi connectivity index (χ2n) is 5.26. The highest BCUT2D eigenvalue weighted by atomic mass is 16.2. The van der Waals surface area contributed by atoms with Gasteiger partial charge in [-0.1, -0.05) is 6.92 Å². The van der Waals surface area contributed by atoms with E-state index >= 15 is 0 Å². The van der Waals surface area contributed by atoms with Gasteiger partial charge in [-0.25, -0.2) is 4.98 Å². The van der Waals surface area contributed by atoms with Crippen molar-refractivity contribution < 1.29 is 4.79 Å². The molecule has 2 aromatic rings. The van der Waals surface area contributed by atoms with Crippen molar-refractivity contribution in [3.63, 3.8) is 0 Å². The lowest BCUT2D eigenvalue weighted by atomic mass is 10.1. The molecule has 0 saturated carbocycles. The Bertz CT molecular complexity index is 605. The van der Waals surface area contributed by atoms with Crippen LogP contribution >= 0.6 is 0 Å². The number of imidazole rings is 1. The molecular weight excluding hydrogens is 268 g/mol. The summed E-state index contributed by atoms with van der Waals surface area (Å²) in [5.74, 6) is 1.00. The van der Waals surface area contributed by atoms with E-state index in [1.165, 1.54) is 0 Å². The van der Waals surface area contributed by atoms with E-state index in [1.54, 1.807) is 18.5 Å². The maximum Gasteiger partial charge on any atom is 0.271 e. The number of piperazine rings is 1. The van der Waals surface area contributed by atoms with Gasteiger partial charge in [0.2, 0.25) is 0 Å². The summed E-state index contributed by atoms with van der Waals surface area (Å²) in [6.07, 6.45) is 5.35. The lowest BCUT2D eigenvalue weighted by Gasteiger charge is -2.40. The van der Waals surface area contributed by atoms with Crippen LogP contribution in [0.25, 0.3) is 0 Å². The average molecular weight is 288 g/mol. The molecule has 0 spiro atoms. The van der Waals surface area contributed by atoms with E-state index in [0.717, 1.165) is 25.5 Å². The number of likely N-dealkylation sites (N-methyl/N-ethyl adjacent to an activating group) is 1. The molecule has 0 radical (unpaired) electrons. The number of rotatable bonds is 3. The van der Waals surface area contributed by atoms with Gasteiger partial charge in [-0.05, 0) is 12.6 Å². The molecular formula is C14H20N6O. The molecule has 1 saturated heterocycles. The normalized spacial score (nSPS) is 19.9. The number of aromatic amines is 1. The first-order chi connectivity index (χ1) is 10.2. The molecule has 1 atom stereocenters. The molecule has 1 aliphatic rings. The summed E-state index contributed by atoms with van der Waals surface area (Å²) < 4.78 is 2.03. The highest BCUT2D eigenvalue weighted by Gasteiger charge is 2.32. The second-order valence-corrected chi connectivity index (χ2v) is 5.26. The van der Waals surface area contributed by atoms with Crippen molar-refractivity contribution in [2.75, 3.05) is 26.2 Å². The van der Waals surface area contributed by atoms with Crippen molar-refractivity contribution in [3.05, 3.63) is 36.2 Å². The van der Waals surface area contributed by atoms with Crippen LogP contribution in [0, 0.1) is 0 Å². The molecule has 1 fully saturated rings. The summed E-state index contributed by atoms with van der Waals surface area (Å²) in [6, 6.07) is 1.85. The number of aryl methyl sites for hydroxylation is 1. The third kappa shape index (κ3) is 2.56. The van der Waals surface area contributed by atoms with Crippen LogP contribution in [-0.4, -0.2) is 61.6 Å². The molecule has 0 bridgehead atoms. The Balaban J connectivity index is 1.81. The quantitative estimate of drug-likeness (QED) is 0.901. The largest absolute Gasteiger partial charge is 0.337 e. The van der Waals surface area contributed by atoms with Crippen molar-refractivity contribution in [3.8, 4) is 0 Å². The molecule has 0 aromatic carbocycles. The van der Waals surface area contributed by atoms with Crippen molar-refractivity contribution in [1.82, 2.24) is 29.5 Å². The molecule has 21 heavy (non-hydrogen) atoms. The van der Waals surface area contributed by atoms with Crippen molar-refractivity contribution in [1.29, 1.82) is 0 Å². The van der Waals surface area contributed by atoms with Crippen molar-refractivity contribution in [2.24, 2.45) is 7.05 Å². The van der Waals surface area contributed by atoms with E-state index in [0.29, 0.717) is 12.2 Å². The highest BCUT2D eigenvalue weighted by molar-refractivity contribution is 5.92. The topological polar surface area (TPSA) is 70.1 Å². The van der Waals surface area contributed by atoms with Crippen LogP contribution in [0.4, 0.5) is 0 Å². The Hall–Kier alpha value is -2.15. The van der Waals surface area contributed by atoms with Gasteiger partial charge < -0.3 is 9.47 Å². The lowest BCUT2D eigenvalue weighted by molar-refractivity contribution is 0.0468. The molecule has 7 nitrogen and oxygen atoms in total. The zero-order chi connectivity index (χ0) is 14.8. The van der Waals surface area contributed by atoms with Crippen LogP contribution in [0.15, 0.2) is 24.7 Å². The molecule has 1 amide bonds. The lowest BCUT2D eigenvalue weighted by Crippen LogP contribution is -2.51. The van der Waals surface area contributed by atoms with Gasteiger partial charge in [0.15, 0.2) is 0 Å². The summed E-state index contributed by atoms with van der Waals surface area (Å²) in [5.41, 5.74) is 0.540. The summed E-state index contributed by atoms with van der Waals surface area (Å²) in [5, 5.41) is 6.60. The van der Waals surface area contributed by atoms with E-state index in [-0.39, 0.29) is 11.9 Å². The fourth-order valence-electron chi connectivity index (χ4n) is 2.87. The third-order valence-electron chi connectivity index (χ3n) is 4.07. The fraction of sp³-hybridized carbons (Fsp3) is 0.500. The molecule has 3 rings (SSSR count). The van der Waals surface area contributed by atoms with Gasteiger partial charge in [-0.2, -0.15) is 5.10 Å². The molecule has 1 N–H and O–H groups in total. The average Bonchev–Trinajstić information content (AvgIpc) is 3.17. The van der Waals surface area contributed by atoms with Crippen molar-refractivity contribution in [2.45, 2.75) is 13.0 Å². The first kappa shape index (κ1) is 13.8. The molecule has 3 heterocycles. The summed E-state index contributed by atoms with van der Waals surface area (Å²) in [7, 11) is 1.99. The van der Waals surface area contributed by atoms with Gasteiger partial charge in [0.25, 0.3) is 5.91 Å². The molecule has 0 aliphatic carbocycles. The zero-order valence-corrected chi connectivity index (χ0v) is 12.4. The molecule has 1 unspecified atom stereocenters. The SMILES string of the molecule is CCN1CCN(C(=O)c2ccn[nH]2)CC1c1nccn1C. The predicted octanol–water partition coefficient (Wildman–Crippen LogP) is 0.662. The van der Waals surface area contributed by atoms with E-state index in [4.69, 9.17) is 0 Å². The van der Waals surface area contributed by atoms with Crippen LogP contribution in [0.3, 0.4) is 0 Å². The van der Waals surface area contributed by atoms with Gasteiger partial charge in [0.05, 0.1) is 6.04 Å². The first-order valence-corrected chi connectivity index (χ1v) is 7.20. The number of H-pyrrole nitrogens is 1. The first-order valence-electron chi connectivity index (χ1n) is 7.20. The Morgan fingerprint density at radius 1 is 1.43 bits per heavy atom. The number of carbonyl (C=O) groups is 1. The van der Waals surface area contributed by atoms with E-state index in [2.05, 4.69) is 27.0 Å². The Morgan fingerprint density at radius 2 is 2.29 bits per heavy atom. The van der Waals surface area contributed by atoms with Gasteiger partial charge in [0, 0.05) is 45.3 Å². The molecule has 112 valence electrons. The van der Waals surface area contributed by atoms with Gasteiger partial charge in [-0.15, -0.1) is 0 Å². The number of nitrogens with zero attached hydrogens (tertiary/aromatic N) is 5. The Labute approximate surface area is 123 Å². The molecule has 1 aliphatic heterocycles. The number of amides is 1. The van der Waals surface area contributed by atoms with Crippen LogP contribution in [-0.2, 0) is 7.05 Å². The summed E-state index contributed by atoms with van der Waals surface area (Å²) >= 11 is 0. The summed E-state index contributed by atoms with van der Waals surface area (Å²) in [4.78, 5) is 21.2. The third-order valence-corrected chi connectivity index (χ3v) is 4.07. The van der Waals surface area contributed by atoms with Crippen LogP contribution in [0.5, 0.6) is 0 Å². The minimum absolute atomic E-state index is 0.00228. The van der Waals surface area contributed by atoms with Crippen LogP contribution in [0.1, 0.15) is 29.3 Å². The molecule has 2 aromatic heterocycles. The van der Waals surface area contributed by atoms with E-state index in [9.17, 15) is 4.79 Å². The van der Waals surface area contributed by atoms with Gasteiger partial charge in [0.1, 0.15) is 11.5 Å². The number of nitrogens with one attached hydrogen (secondary N) is 1. The number of hydrogen-bond acceptors (Lipinski definition) is 4. The zero-order valence-electron chi connectivity index (χ0n) is 12.4. The molecule has 7 heteroatoms. The minimum atomic E-state index is 0.00228. The number of hydrogen-bond donors (Lipinski definition) is 1. The van der Waals surface area contributed by atoms with E-state index < -0.39 is 0 Å². The van der Waals surface area contributed by atoms with Crippen molar-refractivity contribution >= 4 is 5.91 Å². The highest BCUT2D eigenvalue weighted by Crippen LogP contribution is 2.24. The second kappa shape index (κ2) is 5.69. The summed E-state index contributed by atoms with van der Waals surface area (Å²) in [6.45, 7) is 5.32. The maximum absolute atomic E-state index is 12.5. The smallest absolute Gasteiger partial charge is 0.271 e. The minimum Gasteiger partial charge on any atom is -0.337 e. The maximum atomic E-state index is 12.5. The van der Waals surface area contributed by atoms with E-state index in [1.807, 2.05) is 22.7 Å². The van der Waals surface area contributed by atoms with Crippen LogP contribution < -0.4 is 0 Å². The monoisotopic (exact) mass is 288 g/mol. The van der Waals surface area contributed by atoms with Gasteiger partial charge in [-0.3, -0.25) is 14.8 Å². The number of aromatic nitrogens is 4. The van der Waals surface area contributed by atoms with Gasteiger partial charge >= 0.3 is 0 Å². The predicted molar refractivity (Wildman–Crippen MR) is 77.7 cm³/mol. The Morgan fingerprint density at radius 3 is 2.90 bits per heavy atom. The van der Waals surface area contributed by atoms with Crippen LogP contribution in [0.2, 0.25) is 0 Å².